The van der Waals surface area contributed by atoms with Crippen molar-refractivity contribution in [2.45, 2.75) is 97.6 Å². The number of anilines is 1. The summed E-state index contributed by atoms with van der Waals surface area (Å²) in [5.41, 5.74) is 1.27. The van der Waals surface area contributed by atoms with Gasteiger partial charge in [-0.15, -0.1) is 0 Å². The summed E-state index contributed by atoms with van der Waals surface area (Å²) in [7, 11) is -1.22. The summed E-state index contributed by atoms with van der Waals surface area (Å²) in [4.78, 5) is 30.5. The van der Waals surface area contributed by atoms with Crippen molar-refractivity contribution in [3.8, 4) is 11.4 Å². The number of aromatic nitrogens is 5. The number of amides is 1. The van der Waals surface area contributed by atoms with Gasteiger partial charge in [0.15, 0.2) is 5.82 Å². The molecule has 10 nitrogen and oxygen atoms in total. The first-order valence-electron chi connectivity index (χ1n) is 16.0. The molecule has 2 fully saturated rings. The molecule has 5 heterocycles. The Morgan fingerprint density at radius 3 is 2.41 bits per heavy atom. The number of fused-ring (bicyclic) bond motifs is 1. The van der Waals surface area contributed by atoms with Crippen molar-refractivity contribution in [1.29, 1.82) is 0 Å². The topological polar surface area (TPSA) is 98.5 Å². The molecule has 0 radical (unpaired) electrons. The number of hydrogen-bond acceptors (Lipinski definition) is 8. The Hall–Kier alpha value is -3.26. The Labute approximate surface area is 269 Å². The summed E-state index contributed by atoms with van der Waals surface area (Å²) in [5, 5.41) is 5.15. The number of carbonyl (C=O) groups excluding carboxylic acids is 1. The van der Waals surface area contributed by atoms with Crippen LogP contribution >= 0.6 is 0 Å². The van der Waals surface area contributed by atoms with Crippen LogP contribution in [0.3, 0.4) is 0 Å². The molecule has 0 atom stereocenters. The zero-order chi connectivity index (χ0) is 33.5. The van der Waals surface area contributed by atoms with Gasteiger partial charge in [0.2, 0.25) is 0 Å². The summed E-state index contributed by atoms with van der Waals surface area (Å²) in [6.45, 7) is 17.9. The van der Waals surface area contributed by atoms with Gasteiger partial charge in [0, 0.05) is 52.4 Å². The number of ether oxygens (including phenoxy) is 2. The zero-order valence-corrected chi connectivity index (χ0v) is 29.0. The van der Waals surface area contributed by atoms with E-state index in [1.165, 1.54) is 12.3 Å². The van der Waals surface area contributed by atoms with Gasteiger partial charge in [-0.25, -0.2) is 19.4 Å². The Balaban J connectivity index is 1.40. The van der Waals surface area contributed by atoms with Gasteiger partial charge in [0.05, 0.1) is 35.1 Å². The second-order valence-corrected chi connectivity index (χ2v) is 20.6. The fourth-order valence-electron chi connectivity index (χ4n) is 6.08. The predicted molar refractivity (Wildman–Crippen MR) is 173 cm³/mol. The Morgan fingerprint density at radius 1 is 1.07 bits per heavy atom. The van der Waals surface area contributed by atoms with Crippen molar-refractivity contribution >= 4 is 30.9 Å². The molecule has 1 amide bonds. The average Bonchev–Trinajstić information content (AvgIpc) is 3.52. The van der Waals surface area contributed by atoms with Crippen LogP contribution in [0.5, 0.6) is 0 Å². The van der Waals surface area contributed by atoms with Crippen LogP contribution < -0.4 is 4.90 Å². The first kappa shape index (κ1) is 34.1. The Bertz CT molecular complexity index is 1560. The molecule has 0 aliphatic carbocycles. The second-order valence-electron chi connectivity index (χ2n) is 15.0. The van der Waals surface area contributed by atoms with E-state index in [9.17, 15) is 18.0 Å². The largest absolute Gasteiger partial charge is 0.444 e. The molecule has 2 aliphatic heterocycles. The van der Waals surface area contributed by atoms with Gasteiger partial charge in [-0.1, -0.05) is 19.6 Å². The van der Waals surface area contributed by atoms with Gasteiger partial charge < -0.3 is 19.3 Å². The van der Waals surface area contributed by atoms with E-state index >= 15 is 0 Å². The van der Waals surface area contributed by atoms with E-state index in [0.29, 0.717) is 62.1 Å². The van der Waals surface area contributed by atoms with Gasteiger partial charge in [0.25, 0.3) is 0 Å². The van der Waals surface area contributed by atoms with Gasteiger partial charge in [-0.2, -0.15) is 18.3 Å². The van der Waals surface area contributed by atoms with Gasteiger partial charge >= 0.3 is 12.3 Å². The zero-order valence-electron chi connectivity index (χ0n) is 28.0. The molecular formula is C32H46F3N7O3Si. The van der Waals surface area contributed by atoms with Gasteiger partial charge in [-0.3, -0.25) is 4.98 Å². The minimum atomic E-state index is -4.38. The molecule has 5 rings (SSSR count). The van der Waals surface area contributed by atoms with E-state index in [0.717, 1.165) is 36.6 Å². The smallest absolute Gasteiger partial charge is 0.410 e. The summed E-state index contributed by atoms with van der Waals surface area (Å²) >= 11 is 0. The molecular weight excluding hydrogens is 615 g/mol. The molecule has 14 heteroatoms. The number of carbonyl (C=O) groups is 1. The number of likely N-dealkylation sites (tertiary alicyclic amines) is 1. The maximum absolute atomic E-state index is 13.3. The third kappa shape index (κ3) is 8.55. The number of nitrogens with zero attached hydrogens (tertiary/aromatic N) is 7. The van der Waals surface area contributed by atoms with Gasteiger partial charge in [0.1, 0.15) is 18.1 Å². The minimum Gasteiger partial charge on any atom is -0.444 e. The number of rotatable bonds is 8. The lowest BCUT2D eigenvalue weighted by molar-refractivity contribution is -0.127. The highest BCUT2D eigenvalue weighted by molar-refractivity contribution is 6.76. The van der Waals surface area contributed by atoms with Crippen LogP contribution in [-0.4, -0.2) is 88.4 Å². The molecule has 0 saturated carbocycles. The first-order chi connectivity index (χ1) is 21.4. The summed E-state index contributed by atoms with van der Waals surface area (Å²) in [6, 6.07) is 2.52. The number of aryl methyl sites for hydroxylation is 1. The maximum atomic E-state index is 13.3. The Morgan fingerprint density at radius 2 is 1.76 bits per heavy atom. The number of piperidine rings is 1. The standard InChI is InChI=1S/C32H46F3N7O3Si/c1-22-25(19-42(39-22)21-44-14-15-46(5,6)7)27-37-26-18-36-23(17-32(33,34)35)16-24(26)28(38-27)40-11-8-31(9-12-40)10-13-41(20-31)29(43)45-30(2,3)4/h16,18-19H,8-15,17,20-21H2,1-7H3. The number of halogens is 3. The fraction of sp³-hybridized carbons (Fsp3) is 0.656. The second kappa shape index (κ2) is 12.7. The van der Waals surface area contributed by atoms with Gasteiger partial charge in [-0.05, 0) is 64.5 Å². The number of hydrogen-bond donors (Lipinski definition) is 0. The Kier molecular flexibility index (Phi) is 9.44. The molecule has 46 heavy (non-hydrogen) atoms. The van der Waals surface area contributed by atoms with Crippen LogP contribution in [-0.2, 0) is 22.6 Å². The van der Waals surface area contributed by atoms with E-state index < -0.39 is 26.3 Å². The number of alkyl halides is 3. The minimum absolute atomic E-state index is 0.0325. The highest BCUT2D eigenvalue weighted by atomic mass is 28.3. The van der Waals surface area contributed by atoms with Crippen LogP contribution in [0.25, 0.3) is 22.3 Å². The maximum Gasteiger partial charge on any atom is 0.410 e. The lowest BCUT2D eigenvalue weighted by Crippen LogP contribution is -2.43. The average molecular weight is 662 g/mol. The van der Waals surface area contributed by atoms with E-state index in [-0.39, 0.29) is 17.2 Å². The number of pyridine rings is 1. The lowest BCUT2D eigenvalue weighted by atomic mass is 9.78. The van der Waals surface area contributed by atoms with E-state index in [2.05, 4.69) is 34.6 Å². The van der Waals surface area contributed by atoms with Crippen molar-refractivity contribution < 1.29 is 27.4 Å². The third-order valence-electron chi connectivity index (χ3n) is 8.62. The van der Waals surface area contributed by atoms with Crippen molar-refractivity contribution in [2.75, 3.05) is 37.7 Å². The van der Waals surface area contributed by atoms with Crippen molar-refractivity contribution in [1.82, 2.24) is 29.6 Å². The molecule has 0 N–H and O–H groups in total. The normalized spacial score (nSPS) is 17.3. The summed E-state index contributed by atoms with van der Waals surface area (Å²) in [5.74, 6) is 1.03. The lowest BCUT2D eigenvalue weighted by Gasteiger charge is -2.40. The fourth-order valence-corrected chi connectivity index (χ4v) is 6.84. The molecule has 0 bridgehead atoms. The molecule has 0 aromatic carbocycles. The molecule has 3 aromatic heterocycles. The molecule has 2 aliphatic rings. The molecule has 252 valence electrons. The molecule has 2 saturated heterocycles. The van der Waals surface area contributed by atoms with Crippen LogP contribution in [0.1, 0.15) is 51.4 Å². The predicted octanol–water partition coefficient (Wildman–Crippen LogP) is 6.84. The molecule has 3 aromatic rings. The van der Waals surface area contributed by atoms with Crippen molar-refractivity contribution in [2.24, 2.45) is 5.41 Å². The SMILES string of the molecule is Cc1nn(COCC[Si](C)(C)C)cc1-c1nc(N2CCC3(CCN(C(=O)OC(C)(C)C)C3)CC2)c2cc(CC(F)(F)F)ncc2n1. The van der Waals surface area contributed by atoms with E-state index in [1.807, 2.05) is 33.9 Å². The molecule has 0 unspecified atom stereocenters. The summed E-state index contributed by atoms with van der Waals surface area (Å²) in [6.07, 6.45) is -0.0185. The van der Waals surface area contributed by atoms with Crippen LogP contribution in [0.4, 0.5) is 23.8 Å². The monoisotopic (exact) mass is 661 g/mol. The van der Waals surface area contributed by atoms with Crippen LogP contribution in [0.15, 0.2) is 18.5 Å². The van der Waals surface area contributed by atoms with E-state index in [1.54, 1.807) is 9.58 Å². The first-order valence-corrected chi connectivity index (χ1v) is 19.7. The van der Waals surface area contributed by atoms with Crippen LogP contribution in [0.2, 0.25) is 25.7 Å². The third-order valence-corrected chi connectivity index (χ3v) is 10.3. The van der Waals surface area contributed by atoms with Crippen LogP contribution in [0, 0.1) is 12.3 Å². The van der Waals surface area contributed by atoms with E-state index in [4.69, 9.17) is 19.4 Å². The van der Waals surface area contributed by atoms with Crippen molar-refractivity contribution in [3.05, 3.63) is 29.8 Å². The quantitative estimate of drug-likeness (QED) is 0.191. The highest BCUT2D eigenvalue weighted by Gasteiger charge is 2.43. The highest BCUT2D eigenvalue weighted by Crippen LogP contribution is 2.42. The summed E-state index contributed by atoms with van der Waals surface area (Å²) < 4.78 is 53.2. The van der Waals surface area contributed by atoms with Crippen molar-refractivity contribution in [3.63, 3.8) is 0 Å². The molecule has 1 spiro atoms.